The summed E-state index contributed by atoms with van der Waals surface area (Å²) in [4.78, 5) is 0. The van der Waals surface area contributed by atoms with Gasteiger partial charge in [-0.15, -0.1) is 0 Å². The van der Waals surface area contributed by atoms with E-state index in [1.165, 1.54) is 24.3 Å². The third kappa shape index (κ3) is 7.41. The third-order valence-electron chi connectivity index (χ3n) is 5.50. The molecule has 0 amide bonds. The SMILES string of the molecule is O=S(=O)(O)Oc1c(CCCC2CCCCC2)c(OS(=O)(=O)O)c2ccccc2c1OS(=O)(=O)O. The normalized spacial score (nSPS) is 15.9. The minimum atomic E-state index is -5.28. The first kappa shape index (κ1) is 26.4. The van der Waals surface area contributed by atoms with Crippen molar-refractivity contribution in [2.75, 3.05) is 0 Å². The van der Waals surface area contributed by atoms with E-state index in [1.54, 1.807) is 0 Å². The number of hydrogen-bond acceptors (Lipinski definition) is 9. The Morgan fingerprint density at radius 3 is 1.71 bits per heavy atom. The smallest absolute Gasteiger partial charge is 0.361 e. The molecule has 0 aromatic heterocycles. The van der Waals surface area contributed by atoms with Crippen molar-refractivity contribution in [2.45, 2.75) is 51.4 Å². The molecule has 0 aliphatic heterocycles. The Balaban J connectivity index is 2.23. The average molecular weight is 541 g/mol. The lowest BCUT2D eigenvalue weighted by molar-refractivity contribution is 0.330. The van der Waals surface area contributed by atoms with E-state index in [4.69, 9.17) is 4.18 Å². The van der Waals surface area contributed by atoms with E-state index in [1.807, 2.05) is 0 Å². The third-order valence-corrected chi connectivity index (χ3v) is 6.63. The van der Waals surface area contributed by atoms with E-state index in [0.29, 0.717) is 18.8 Å². The summed E-state index contributed by atoms with van der Waals surface area (Å²) in [5, 5.41) is -0.331. The topological polar surface area (TPSA) is 191 Å². The Morgan fingerprint density at radius 1 is 0.706 bits per heavy atom. The minimum absolute atomic E-state index is 0.0888. The molecule has 0 spiro atoms. The van der Waals surface area contributed by atoms with E-state index in [-0.39, 0.29) is 22.8 Å². The van der Waals surface area contributed by atoms with Crippen molar-refractivity contribution in [3.8, 4) is 17.2 Å². The van der Waals surface area contributed by atoms with Crippen LogP contribution in [0.1, 0.15) is 50.5 Å². The van der Waals surface area contributed by atoms with Crippen molar-refractivity contribution >= 4 is 42.0 Å². The molecule has 1 fully saturated rings. The Kier molecular flexibility index (Phi) is 7.94. The molecule has 12 nitrogen and oxygen atoms in total. The Bertz CT molecular complexity index is 1360. The number of benzene rings is 2. The molecule has 1 saturated carbocycles. The first-order valence-electron chi connectivity index (χ1n) is 10.3. The van der Waals surface area contributed by atoms with E-state index in [9.17, 15) is 38.9 Å². The molecule has 34 heavy (non-hydrogen) atoms. The number of fused-ring (bicyclic) bond motifs is 1. The van der Waals surface area contributed by atoms with E-state index in [0.717, 1.165) is 32.1 Å². The van der Waals surface area contributed by atoms with Crippen molar-refractivity contribution in [1.29, 1.82) is 0 Å². The van der Waals surface area contributed by atoms with Gasteiger partial charge in [0.15, 0.2) is 17.2 Å². The second-order valence-electron chi connectivity index (χ2n) is 7.94. The minimum Gasteiger partial charge on any atom is -0.361 e. The fourth-order valence-electron chi connectivity index (χ4n) is 4.26. The molecule has 3 N–H and O–H groups in total. The van der Waals surface area contributed by atoms with Gasteiger partial charge in [0.05, 0.1) is 0 Å². The van der Waals surface area contributed by atoms with Crippen LogP contribution in [0.5, 0.6) is 17.2 Å². The van der Waals surface area contributed by atoms with Crippen LogP contribution in [0.3, 0.4) is 0 Å². The summed E-state index contributed by atoms with van der Waals surface area (Å²) in [5.74, 6) is -1.87. The summed E-state index contributed by atoms with van der Waals surface area (Å²) in [6, 6.07) is 5.31. The molecule has 2 aromatic carbocycles. The van der Waals surface area contributed by atoms with Gasteiger partial charge in [-0.2, -0.15) is 25.3 Å². The van der Waals surface area contributed by atoms with Crippen molar-refractivity contribution in [2.24, 2.45) is 5.92 Å². The highest BCUT2D eigenvalue weighted by Crippen LogP contribution is 2.48. The first-order valence-corrected chi connectivity index (χ1v) is 14.4. The summed E-state index contributed by atoms with van der Waals surface area (Å²) in [6.45, 7) is 0. The van der Waals surface area contributed by atoms with Crippen LogP contribution in [0, 0.1) is 5.92 Å². The molecule has 0 atom stereocenters. The van der Waals surface area contributed by atoms with Crippen LogP contribution in [-0.4, -0.2) is 38.9 Å². The Morgan fingerprint density at radius 2 is 1.18 bits per heavy atom. The molecule has 1 aliphatic rings. The zero-order chi connectivity index (χ0) is 25.1. The van der Waals surface area contributed by atoms with Gasteiger partial charge in [-0.25, -0.2) is 0 Å². The molecule has 3 rings (SSSR count). The maximum atomic E-state index is 11.6. The highest BCUT2D eigenvalue weighted by molar-refractivity contribution is 7.81. The monoisotopic (exact) mass is 540 g/mol. The molecular weight excluding hydrogens is 516 g/mol. The van der Waals surface area contributed by atoms with Gasteiger partial charge in [0.25, 0.3) is 0 Å². The molecular formula is C19H24O12S3. The van der Waals surface area contributed by atoms with Crippen LogP contribution in [0.25, 0.3) is 10.8 Å². The second kappa shape index (κ2) is 10.2. The van der Waals surface area contributed by atoms with E-state index < -0.39 is 48.4 Å². The predicted molar refractivity (Wildman–Crippen MR) is 120 cm³/mol. The predicted octanol–water partition coefficient (Wildman–Crippen LogP) is 3.29. The second-order valence-corrected chi connectivity index (χ2v) is 11.0. The summed E-state index contributed by atoms with van der Waals surface area (Å²) in [7, 11) is -15.6. The van der Waals surface area contributed by atoms with Crippen LogP contribution in [0.4, 0.5) is 0 Å². The van der Waals surface area contributed by atoms with Crippen LogP contribution < -0.4 is 12.5 Å². The Labute approximate surface area is 197 Å². The van der Waals surface area contributed by atoms with Crippen LogP contribution >= 0.6 is 0 Å². The summed E-state index contributed by atoms with van der Waals surface area (Å²) in [5.41, 5.74) is -0.302. The summed E-state index contributed by atoms with van der Waals surface area (Å²) < 4.78 is 111. The lowest BCUT2D eigenvalue weighted by atomic mass is 9.85. The molecule has 2 aromatic rings. The molecule has 0 radical (unpaired) electrons. The molecule has 0 unspecified atom stereocenters. The van der Waals surface area contributed by atoms with E-state index >= 15 is 0 Å². The van der Waals surface area contributed by atoms with E-state index in [2.05, 4.69) is 8.37 Å². The van der Waals surface area contributed by atoms with Gasteiger partial charge in [0.2, 0.25) is 0 Å². The van der Waals surface area contributed by atoms with Gasteiger partial charge in [-0.3, -0.25) is 13.7 Å². The lowest BCUT2D eigenvalue weighted by Gasteiger charge is -2.22. The van der Waals surface area contributed by atoms with Gasteiger partial charge in [0, 0.05) is 16.3 Å². The van der Waals surface area contributed by atoms with Gasteiger partial charge in [-0.05, 0) is 18.8 Å². The van der Waals surface area contributed by atoms with Crippen molar-refractivity contribution < 1.29 is 51.5 Å². The van der Waals surface area contributed by atoms with Crippen LogP contribution in [-0.2, 0) is 37.6 Å². The van der Waals surface area contributed by atoms with Gasteiger partial charge < -0.3 is 12.5 Å². The lowest BCUT2D eigenvalue weighted by Crippen LogP contribution is -2.16. The zero-order valence-electron chi connectivity index (χ0n) is 17.8. The fraction of sp³-hybridized carbons (Fsp3) is 0.474. The van der Waals surface area contributed by atoms with Crippen molar-refractivity contribution in [3.63, 3.8) is 0 Å². The number of hydrogen-bond donors (Lipinski definition) is 3. The molecule has 1 aliphatic carbocycles. The average Bonchev–Trinajstić information content (AvgIpc) is 2.70. The maximum absolute atomic E-state index is 11.6. The van der Waals surface area contributed by atoms with Crippen molar-refractivity contribution in [1.82, 2.24) is 0 Å². The standard InChI is InChI=1S/C19H24O12S3/c20-32(21,22)29-17-14-10-4-5-11-15(14)18(30-33(23,24)25)19(31-34(26,27)28)16(17)12-6-9-13-7-2-1-3-8-13/h4-5,10-11,13H,1-3,6-9,12H2,(H,20,21,22)(H,23,24,25)(H,26,27,28). The van der Waals surface area contributed by atoms with Gasteiger partial charge in [0.1, 0.15) is 0 Å². The molecule has 0 bridgehead atoms. The van der Waals surface area contributed by atoms with Crippen LogP contribution in [0.15, 0.2) is 24.3 Å². The molecule has 0 saturated heterocycles. The van der Waals surface area contributed by atoms with Gasteiger partial charge in [-0.1, -0.05) is 62.8 Å². The van der Waals surface area contributed by atoms with Gasteiger partial charge >= 0.3 is 31.2 Å². The summed E-state index contributed by atoms with van der Waals surface area (Å²) >= 11 is 0. The highest BCUT2D eigenvalue weighted by Gasteiger charge is 2.30. The largest absolute Gasteiger partial charge is 0.446 e. The molecule has 190 valence electrons. The highest BCUT2D eigenvalue weighted by atomic mass is 32.3. The maximum Gasteiger partial charge on any atom is 0.446 e. The first-order chi connectivity index (χ1) is 15.7. The molecule has 15 heteroatoms. The number of rotatable bonds is 10. The molecule has 0 heterocycles. The van der Waals surface area contributed by atoms with Crippen LogP contribution in [0.2, 0.25) is 0 Å². The quantitative estimate of drug-likeness (QED) is 0.373. The zero-order valence-corrected chi connectivity index (χ0v) is 20.2. The van der Waals surface area contributed by atoms with Crippen molar-refractivity contribution in [3.05, 3.63) is 29.8 Å². The fourth-order valence-corrected chi connectivity index (χ4v) is 5.42. The Hall–Kier alpha value is -2.17. The summed E-state index contributed by atoms with van der Waals surface area (Å²) in [6.07, 6.45) is 6.22.